The molecule has 0 amide bonds. The number of imidazole rings is 1. The van der Waals surface area contributed by atoms with Gasteiger partial charge >= 0.3 is 5.97 Å². The summed E-state index contributed by atoms with van der Waals surface area (Å²) in [6.45, 7) is 1.87. The van der Waals surface area contributed by atoms with E-state index in [-0.39, 0.29) is 22.8 Å². The summed E-state index contributed by atoms with van der Waals surface area (Å²) in [6.07, 6.45) is 3.60. The van der Waals surface area contributed by atoms with Crippen LogP contribution in [0.15, 0.2) is 47.6 Å². The van der Waals surface area contributed by atoms with Gasteiger partial charge in [0.15, 0.2) is 0 Å². The molecule has 0 atom stereocenters. The van der Waals surface area contributed by atoms with Crippen molar-refractivity contribution in [3.05, 3.63) is 59.5 Å². The van der Waals surface area contributed by atoms with Crippen molar-refractivity contribution in [2.24, 2.45) is 5.14 Å². The van der Waals surface area contributed by atoms with Crippen molar-refractivity contribution in [2.45, 2.75) is 18.4 Å². The third kappa shape index (κ3) is 3.53. The lowest BCUT2D eigenvalue weighted by molar-refractivity contribution is 0.0464. The van der Waals surface area contributed by atoms with Gasteiger partial charge in [0.2, 0.25) is 10.0 Å². The minimum atomic E-state index is -3.95. The molecule has 0 fully saturated rings. The molecular formula is C17H17N3O5S. The minimum Gasteiger partial charge on any atom is -0.496 e. The van der Waals surface area contributed by atoms with Gasteiger partial charge in [-0.3, -0.25) is 0 Å². The SMILES string of the molecule is COc1ccc(S(N)(=O)=O)cc1C(=O)OCc1cn2cccc(C)c2n1. The lowest BCUT2D eigenvalue weighted by Crippen LogP contribution is -2.14. The van der Waals surface area contributed by atoms with E-state index in [1.807, 2.05) is 29.7 Å². The Labute approximate surface area is 150 Å². The first-order valence-electron chi connectivity index (χ1n) is 7.61. The Kier molecular flexibility index (Phi) is 4.66. The van der Waals surface area contributed by atoms with E-state index < -0.39 is 16.0 Å². The van der Waals surface area contributed by atoms with Crippen LogP contribution < -0.4 is 9.88 Å². The predicted molar refractivity (Wildman–Crippen MR) is 93.4 cm³/mol. The second-order valence-electron chi connectivity index (χ2n) is 5.64. The number of methoxy groups -OCH3 is 1. The highest BCUT2D eigenvalue weighted by Gasteiger charge is 2.19. The first-order valence-corrected chi connectivity index (χ1v) is 9.15. The summed E-state index contributed by atoms with van der Waals surface area (Å²) in [5.41, 5.74) is 2.30. The van der Waals surface area contributed by atoms with Crippen LogP contribution in [0.3, 0.4) is 0 Å². The molecule has 136 valence electrons. The Morgan fingerprint density at radius 1 is 1.31 bits per heavy atom. The zero-order valence-electron chi connectivity index (χ0n) is 14.2. The van der Waals surface area contributed by atoms with E-state index in [0.29, 0.717) is 5.69 Å². The fourth-order valence-electron chi connectivity index (χ4n) is 2.51. The van der Waals surface area contributed by atoms with Crippen LogP contribution in [0.2, 0.25) is 0 Å². The van der Waals surface area contributed by atoms with E-state index in [2.05, 4.69) is 4.98 Å². The van der Waals surface area contributed by atoms with Crippen LogP contribution in [0.1, 0.15) is 21.6 Å². The second-order valence-corrected chi connectivity index (χ2v) is 7.20. The third-order valence-electron chi connectivity index (χ3n) is 3.80. The third-order valence-corrected chi connectivity index (χ3v) is 4.71. The summed E-state index contributed by atoms with van der Waals surface area (Å²) in [7, 11) is -2.58. The Hall–Kier alpha value is -2.91. The summed E-state index contributed by atoms with van der Waals surface area (Å²) in [5.74, 6) is -0.547. The van der Waals surface area contributed by atoms with Crippen LogP contribution in [0.5, 0.6) is 5.75 Å². The van der Waals surface area contributed by atoms with Crippen molar-refractivity contribution in [3.63, 3.8) is 0 Å². The molecule has 2 N–H and O–H groups in total. The number of benzene rings is 1. The van der Waals surface area contributed by atoms with Crippen molar-refractivity contribution in [1.82, 2.24) is 9.38 Å². The maximum absolute atomic E-state index is 12.4. The van der Waals surface area contributed by atoms with Crippen LogP contribution in [0.25, 0.3) is 5.65 Å². The molecule has 8 nitrogen and oxygen atoms in total. The number of aryl methyl sites for hydroxylation is 1. The Balaban J connectivity index is 1.84. The number of rotatable bonds is 5. The average molecular weight is 375 g/mol. The number of carbonyl (C=O) groups is 1. The second kappa shape index (κ2) is 6.77. The molecule has 0 aliphatic heterocycles. The van der Waals surface area contributed by atoms with Crippen molar-refractivity contribution in [2.75, 3.05) is 7.11 Å². The van der Waals surface area contributed by atoms with Gasteiger partial charge in [-0.05, 0) is 36.8 Å². The highest BCUT2D eigenvalue weighted by atomic mass is 32.2. The monoisotopic (exact) mass is 375 g/mol. The highest BCUT2D eigenvalue weighted by molar-refractivity contribution is 7.89. The molecule has 0 radical (unpaired) electrons. The summed E-state index contributed by atoms with van der Waals surface area (Å²) in [4.78, 5) is 16.6. The number of primary sulfonamides is 1. The summed E-state index contributed by atoms with van der Waals surface area (Å²) < 4.78 is 35.2. The molecular weight excluding hydrogens is 358 g/mol. The molecule has 0 aliphatic carbocycles. The largest absolute Gasteiger partial charge is 0.496 e. The van der Waals surface area contributed by atoms with Gasteiger partial charge < -0.3 is 13.9 Å². The Morgan fingerprint density at radius 3 is 2.73 bits per heavy atom. The Bertz CT molecular complexity index is 1090. The predicted octanol–water partition coefficient (Wildman–Crippen LogP) is 1.66. The topological polar surface area (TPSA) is 113 Å². The number of fused-ring (bicyclic) bond motifs is 1. The first kappa shape index (κ1) is 17.9. The number of hydrogen-bond donors (Lipinski definition) is 1. The van der Waals surface area contributed by atoms with Crippen LogP contribution in [0.4, 0.5) is 0 Å². The molecule has 3 aromatic rings. The van der Waals surface area contributed by atoms with Gasteiger partial charge in [0.25, 0.3) is 0 Å². The maximum atomic E-state index is 12.4. The molecule has 0 aliphatic rings. The number of aromatic nitrogens is 2. The van der Waals surface area contributed by atoms with Crippen molar-refractivity contribution in [1.29, 1.82) is 0 Å². The first-order chi connectivity index (χ1) is 12.3. The standard InChI is InChI=1S/C17H17N3O5S/c1-11-4-3-7-20-9-12(19-16(11)20)10-25-17(21)14-8-13(26(18,22)23)5-6-15(14)24-2/h3-9H,10H2,1-2H3,(H2,18,22,23). The molecule has 3 rings (SSSR count). The number of sulfonamides is 1. The average Bonchev–Trinajstić information content (AvgIpc) is 3.03. The number of esters is 1. The van der Waals surface area contributed by atoms with E-state index in [1.165, 1.54) is 19.2 Å². The Morgan fingerprint density at radius 2 is 2.08 bits per heavy atom. The summed E-state index contributed by atoms with van der Waals surface area (Å²) in [5, 5.41) is 5.11. The van der Waals surface area contributed by atoms with Gasteiger partial charge in [-0.2, -0.15) is 0 Å². The molecule has 26 heavy (non-hydrogen) atoms. The van der Waals surface area contributed by atoms with Crippen LogP contribution >= 0.6 is 0 Å². The fraction of sp³-hybridized carbons (Fsp3) is 0.176. The van der Waals surface area contributed by atoms with Crippen molar-refractivity contribution in [3.8, 4) is 5.75 Å². The van der Waals surface area contributed by atoms with E-state index in [4.69, 9.17) is 14.6 Å². The van der Waals surface area contributed by atoms with Gasteiger partial charge in [0.05, 0.1) is 17.7 Å². The highest BCUT2D eigenvalue weighted by Crippen LogP contribution is 2.23. The number of ether oxygens (including phenoxy) is 2. The quantitative estimate of drug-likeness (QED) is 0.679. The molecule has 9 heteroatoms. The normalized spacial score (nSPS) is 11.5. The van der Waals surface area contributed by atoms with Gasteiger partial charge in [-0.25, -0.2) is 23.3 Å². The summed E-state index contributed by atoms with van der Waals surface area (Å²) >= 11 is 0. The van der Waals surface area contributed by atoms with Crippen LogP contribution in [0, 0.1) is 6.92 Å². The maximum Gasteiger partial charge on any atom is 0.342 e. The number of pyridine rings is 1. The molecule has 0 bridgehead atoms. The number of hydrogen-bond acceptors (Lipinski definition) is 6. The summed E-state index contributed by atoms with van der Waals surface area (Å²) in [6, 6.07) is 7.57. The van der Waals surface area contributed by atoms with Crippen LogP contribution in [-0.2, 0) is 21.4 Å². The smallest absolute Gasteiger partial charge is 0.342 e. The number of nitrogens with zero attached hydrogens (tertiary/aromatic N) is 2. The van der Waals surface area contributed by atoms with Gasteiger partial charge in [0.1, 0.15) is 23.6 Å². The molecule has 0 spiro atoms. The molecule has 2 heterocycles. The number of carbonyl (C=O) groups excluding carboxylic acids is 1. The van der Waals surface area contributed by atoms with Crippen LogP contribution in [-0.4, -0.2) is 30.9 Å². The lowest BCUT2D eigenvalue weighted by atomic mass is 10.2. The van der Waals surface area contributed by atoms with Crippen molar-refractivity contribution >= 4 is 21.6 Å². The zero-order chi connectivity index (χ0) is 18.9. The molecule has 1 aromatic carbocycles. The molecule has 0 saturated heterocycles. The van der Waals surface area contributed by atoms with E-state index in [9.17, 15) is 13.2 Å². The van der Waals surface area contributed by atoms with E-state index in [1.54, 1.807) is 6.20 Å². The molecule has 2 aromatic heterocycles. The zero-order valence-corrected chi connectivity index (χ0v) is 15.0. The fourth-order valence-corrected chi connectivity index (χ4v) is 3.05. The van der Waals surface area contributed by atoms with Crippen molar-refractivity contribution < 1.29 is 22.7 Å². The van der Waals surface area contributed by atoms with Gasteiger partial charge in [-0.15, -0.1) is 0 Å². The van der Waals surface area contributed by atoms with Gasteiger partial charge in [-0.1, -0.05) is 6.07 Å². The van der Waals surface area contributed by atoms with Gasteiger partial charge in [0, 0.05) is 12.4 Å². The number of nitrogens with two attached hydrogens (primary N) is 1. The van der Waals surface area contributed by atoms with E-state index in [0.717, 1.165) is 17.3 Å². The minimum absolute atomic E-state index is 0.0287. The van der Waals surface area contributed by atoms with E-state index >= 15 is 0 Å². The lowest BCUT2D eigenvalue weighted by Gasteiger charge is -2.09. The molecule has 0 unspecified atom stereocenters. The molecule has 0 saturated carbocycles.